The molecule has 0 saturated heterocycles. The maximum atomic E-state index is 13.1. The second-order valence-electron chi connectivity index (χ2n) is 15.1. The zero-order valence-electron chi connectivity index (χ0n) is 22.7. The normalized spacial score (nSPS) is 56.7. The van der Waals surface area contributed by atoms with Crippen LogP contribution in [0.2, 0.25) is 0 Å². The zero-order chi connectivity index (χ0) is 25.1. The van der Waals surface area contributed by atoms with E-state index in [4.69, 9.17) is 0 Å². The van der Waals surface area contributed by atoms with Crippen LogP contribution in [0, 0.1) is 56.2 Å². The number of carbonyl (C=O) groups excluding carboxylic acids is 2. The van der Waals surface area contributed by atoms with Gasteiger partial charge in [0, 0.05) is 41.6 Å². The highest BCUT2D eigenvalue weighted by molar-refractivity contribution is 5.85. The van der Waals surface area contributed by atoms with E-state index < -0.39 is 6.10 Å². The molecule has 0 aromatic carbocycles. The Labute approximate surface area is 206 Å². The van der Waals surface area contributed by atoms with Crippen LogP contribution < -0.4 is 0 Å². The number of Topliss-reactive ketones (excluding diaryl/α,β-unsaturated/α-hetero) is 2. The van der Waals surface area contributed by atoms with Gasteiger partial charge >= 0.3 is 0 Å². The number of aliphatic hydroxyl groups excluding tert-OH is 2. The highest BCUT2D eigenvalue weighted by Gasteiger charge is 2.73. The van der Waals surface area contributed by atoms with Crippen LogP contribution >= 0.6 is 0 Å². The Morgan fingerprint density at radius 1 is 0.912 bits per heavy atom. The summed E-state index contributed by atoms with van der Waals surface area (Å²) in [4.78, 5) is 25.8. The van der Waals surface area contributed by atoms with Crippen molar-refractivity contribution in [1.82, 2.24) is 0 Å². The molecule has 5 rings (SSSR count). The molecule has 0 aliphatic heterocycles. The number of hydrogen-bond acceptors (Lipinski definition) is 4. The summed E-state index contributed by atoms with van der Waals surface area (Å²) < 4.78 is 0. The van der Waals surface area contributed by atoms with E-state index in [1.165, 1.54) is 0 Å². The van der Waals surface area contributed by atoms with Crippen molar-refractivity contribution in [1.29, 1.82) is 0 Å². The van der Waals surface area contributed by atoms with Gasteiger partial charge in [-0.1, -0.05) is 48.5 Å². The minimum atomic E-state index is -0.487. The van der Waals surface area contributed by atoms with Crippen LogP contribution in [-0.4, -0.2) is 34.5 Å². The first-order valence-corrected chi connectivity index (χ1v) is 14.0. The number of fused-ring (bicyclic) bond motifs is 7. The van der Waals surface area contributed by atoms with Gasteiger partial charge in [0.2, 0.25) is 0 Å². The lowest BCUT2D eigenvalue weighted by Crippen LogP contribution is -2.71. The SMILES string of the molecule is CC1C(=O)CCC2C3(C)CCC4(CO)C5CC(C)(C)C(=O)CC5(C)CCC4(C)C3CC(O)C12C. The van der Waals surface area contributed by atoms with Gasteiger partial charge in [0.15, 0.2) is 0 Å². The van der Waals surface area contributed by atoms with Crippen molar-refractivity contribution in [3.8, 4) is 0 Å². The number of aliphatic hydroxyl groups is 2. The van der Waals surface area contributed by atoms with Crippen LogP contribution in [0.15, 0.2) is 0 Å². The fourth-order valence-corrected chi connectivity index (χ4v) is 11.1. The van der Waals surface area contributed by atoms with Crippen molar-refractivity contribution in [3.63, 3.8) is 0 Å². The molecule has 34 heavy (non-hydrogen) atoms. The molecule has 10 atom stereocenters. The molecule has 0 bridgehead atoms. The van der Waals surface area contributed by atoms with Gasteiger partial charge in [-0.05, 0) is 78.9 Å². The van der Waals surface area contributed by atoms with E-state index in [1.807, 2.05) is 0 Å². The Hall–Kier alpha value is -0.740. The summed E-state index contributed by atoms with van der Waals surface area (Å²) in [6.07, 6.45) is 7.32. The van der Waals surface area contributed by atoms with Crippen LogP contribution in [0.3, 0.4) is 0 Å². The minimum Gasteiger partial charge on any atom is -0.396 e. The molecule has 0 amide bonds. The van der Waals surface area contributed by atoms with Crippen LogP contribution in [0.4, 0.5) is 0 Å². The largest absolute Gasteiger partial charge is 0.396 e. The molecular formula is C30H48O4. The fourth-order valence-electron chi connectivity index (χ4n) is 11.1. The molecule has 5 saturated carbocycles. The van der Waals surface area contributed by atoms with Crippen LogP contribution in [0.5, 0.6) is 0 Å². The molecule has 10 unspecified atom stereocenters. The Kier molecular flexibility index (Phi) is 5.27. The van der Waals surface area contributed by atoms with Gasteiger partial charge in [0.1, 0.15) is 11.6 Å². The molecule has 5 aliphatic rings. The van der Waals surface area contributed by atoms with Crippen molar-refractivity contribution >= 4 is 11.6 Å². The quantitative estimate of drug-likeness (QED) is 0.522. The maximum absolute atomic E-state index is 13.1. The Morgan fingerprint density at radius 3 is 2.24 bits per heavy atom. The summed E-state index contributed by atoms with van der Waals surface area (Å²) in [5.74, 6) is 1.56. The third-order valence-corrected chi connectivity index (χ3v) is 13.7. The summed E-state index contributed by atoms with van der Waals surface area (Å²) in [7, 11) is 0. The van der Waals surface area contributed by atoms with Crippen LogP contribution in [0.1, 0.15) is 106 Å². The van der Waals surface area contributed by atoms with E-state index in [1.54, 1.807) is 0 Å². The number of ketones is 2. The number of rotatable bonds is 1. The molecule has 4 nitrogen and oxygen atoms in total. The van der Waals surface area contributed by atoms with Gasteiger partial charge in [0.05, 0.1) is 6.10 Å². The van der Waals surface area contributed by atoms with Gasteiger partial charge < -0.3 is 10.2 Å². The predicted octanol–water partition coefficient (Wildman–Crippen LogP) is 5.58. The van der Waals surface area contributed by atoms with Crippen LogP contribution in [0.25, 0.3) is 0 Å². The smallest absolute Gasteiger partial charge is 0.139 e. The van der Waals surface area contributed by atoms with Gasteiger partial charge in [-0.3, -0.25) is 9.59 Å². The molecule has 4 heteroatoms. The first kappa shape index (κ1) is 24.9. The van der Waals surface area contributed by atoms with E-state index in [-0.39, 0.29) is 45.0 Å². The predicted molar refractivity (Wildman–Crippen MR) is 133 cm³/mol. The van der Waals surface area contributed by atoms with Crippen molar-refractivity contribution in [2.45, 2.75) is 112 Å². The monoisotopic (exact) mass is 472 g/mol. The first-order valence-electron chi connectivity index (χ1n) is 14.0. The molecule has 192 valence electrons. The second kappa shape index (κ2) is 7.18. The standard InChI is InChI=1S/C30H48O4/c1-18-19(32)8-9-20-27(5)11-13-30(17-31)22-15-25(2,3)24(34)16-26(22,4)10-12-28(30,6)21(27)14-23(33)29(18,20)7/h18,20-23,31,33H,8-17H2,1-7H3. The van der Waals surface area contributed by atoms with Gasteiger partial charge in [-0.25, -0.2) is 0 Å². The average Bonchev–Trinajstić information content (AvgIpc) is 2.76. The molecular weight excluding hydrogens is 424 g/mol. The second-order valence-corrected chi connectivity index (χ2v) is 15.1. The lowest BCUT2D eigenvalue weighted by molar-refractivity contribution is -0.285. The van der Waals surface area contributed by atoms with E-state index in [0.717, 1.165) is 44.9 Å². The summed E-state index contributed by atoms with van der Waals surface area (Å²) in [5.41, 5.74) is -0.984. The Balaban J connectivity index is 1.61. The topological polar surface area (TPSA) is 74.6 Å². The van der Waals surface area contributed by atoms with Crippen molar-refractivity contribution in [2.75, 3.05) is 6.61 Å². The Bertz CT molecular complexity index is 909. The molecule has 0 aromatic rings. The average molecular weight is 473 g/mol. The third-order valence-electron chi connectivity index (χ3n) is 13.7. The van der Waals surface area contributed by atoms with Crippen molar-refractivity contribution in [2.24, 2.45) is 56.2 Å². The summed E-state index contributed by atoms with van der Waals surface area (Å²) in [6.45, 7) is 15.8. The first-order chi connectivity index (χ1) is 15.6. The summed E-state index contributed by atoms with van der Waals surface area (Å²) >= 11 is 0. The highest BCUT2D eigenvalue weighted by atomic mass is 16.3. The number of hydrogen-bond donors (Lipinski definition) is 2. The molecule has 0 spiro atoms. The lowest BCUT2D eigenvalue weighted by Gasteiger charge is -2.75. The van der Waals surface area contributed by atoms with Gasteiger partial charge in [-0.15, -0.1) is 0 Å². The molecule has 0 aromatic heterocycles. The lowest BCUT2D eigenvalue weighted by atomic mass is 9.29. The van der Waals surface area contributed by atoms with E-state index in [9.17, 15) is 19.8 Å². The van der Waals surface area contributed by atoms with Crippen molar-refractivity contribution in [3.05, 3.63) is 0 Å². The minimum absolute atomic E-state index is 0.0455. The number of carbonyl (C=O) groups is 2. The molecule has 0 radical (unpaired) electrons. The van der Waals surface area contributed by atoms with Crippen molar-refractivity contribution < 1.29 is 19.8 Å². The van der Waals surface area contributed by atoms with E-state index in [0.29, 0.717) is 42.2 Å². The third kappa shape index (κ3) is 2.74. The van der Waals surface area contributed by atoms with Gasteiger partial charge in [0.25, 0.3) is 0 Å². The summed E-state index contributed by atoms with van der Waals surface area (Å²) in [5, 5.41) is 22.9. The van der Waals surface area contributed by atoms with Gasteiger partial charge in [-0.2, -0.15) is 0 Å². The van der Waals surface area contributed by atoms with Crippen LogP contribution in [-0.2, 0) is 9.59 Å². The fraction of sp³-hybridized carbons (Fsp3) is 0.933. The Morgan fingerprint density at radius 2 is 1.59 bits per heavy atom. The molecule has 0 heterocycles. The van der Waals surface area contributed by atoms with E-state index >= 15 is 0 Å². The van der Waals surface area contributed by atoms with E-state index in [2.05, 4.69) is 48.5 Å². The molecule has 2 N–H and O–H groups in total. The molecule has 5 fully saturated rings. The highest BCUT2D eigenvalue weighted by Crippen LogP contribution is 2.78. The molecule has 5 aliphatic carbocycles. The maximum Gasteiger partial charge on any atom is 0.139 e. The zero-order valence-corrected chi connectivity index (χ0v) is 22.7. The summed E-state index contributed by atoms with van der Waals surface area (Å²) in [6, 6.07) is 0.